The van der Waals surface area contributed by atoms with Crippen LogP contribution in [0.4, 0.5) is 8.78 Å². The highest BCUT2D eigenvalue weighted by molar-refractivity contribution is 9.10. The lowest BCUT2D eigenvalue weighted by Gasteiger charge is -2.24. The van der Waals surface area contributed by atoms with Gasteiger partial charge < -0.3 is 14.2 Å². The summed E-state index contributed by atoms with van der Waals surface area (Å²) in [5, 5.41) is 0. The minimum atomic E-state index is -3.00. The van der Waals surface area contributed by atoms with Gasteiger partial charge in [0.25, 0.3) is 5.56 Å². The molecule has 3 aromatic rings. The number of hydrogen-bond acceptors (Lipinski definition) is 7. The summed E-state index contributed by atoms with van der Waals surface area (Å²) in [7, 11) is 1.34. The summed E-state index contributed by atoms with van der Waals surface area (Å²) < 4.78 is 42.9. The summed E-state index contributed by atoms with van der Waals surface area (Å²) in [5.74, 6) is -0.554. The highest BCUT2D eigenvalue weighted by atomic mass is 79.9. The van der Waals surface area contributed by atoms with Crippen molar-refractivity contribution in [1.82, 2.24) is 4.57 Å². The van der Waals surface area contributed by atoms with E-state index in [1.807, 2.05) is 24.3 Å². The molecule has 0 N–H and O–H groups in total. The normalized spacial score (nSPS) is 15.5. The van der Waals surface area contributed by atoms with E-state index in [0.717, 1.165) is 21.4 Å². The molecule has 1 atom stereocenters. The highest BCUT2D eigenvalue weighted by Gasteiger charge is 2.33. The van der Waals surface area contributed by atoms with Crippen LogP contribution >= 0.6 is 27.3 Å². The van der Waals surface area contributed by atoms with Crippen LogP contribution in [-0.2, 0) is 9.53 Å². The number of ether oxygens (including phenoxy) is 3. The smallest absolute Gasteiger partial charge is 0.387 e. The Bertz CT molecular complexity index is 1510. The second kappa shape index (κ2) is 10.8. The Morgan fingerprint density at radius 1 is 1.22 bits per heavy atom. The number of benzene rings is 2. The Morgan fingerprint density at radius 3 is 2.58 bits per heavy atom. The monoisotopic (exact) mass is 578 g/mol. The molecule has 0 bridgehead atoms. The minimum Gasteiger partial charge on any atom is -0.493 e. The molecule has 36 heavy (non-hydrogen) atoms. The van der Waals surface area contributed by atoms with Gasteiger partial charge >= 0.3 is 12.6 Å². The molecule has 11 heteroatoms. The zero-order valence-corrected chi connectivity index (χ0v) is 21.9. The molecule has 1 unspecified atom stereocenters. The van der Waals surface area contributed by atoms with Crippen molar-refractivity contribution >= 4 is 39.3 Å². The Hall–Kier alpha value is -3.31. The lowest BCUT2D eigenvalue weighted by molar-refractivity contribution is -0.139. The third kappa shape index (κ3) is 5.12. The van der Waals surface area contributed by atoms with Crippen LogP contribution in [0.3, 0.4) is 0 Å². The van der Waals surface area contributed by atoms with E-state index in [1.165, 1.54) is 23.8 Å². The van der Waals surface area contributed by atoms with Gasteiger partial charge in [0.2, 0.25) is 0 Å². The summed E-state index contributed by atoms with van der Waals surface area (Å²) in [6.07, 6.45) is 1.61. The fourth-order valence-corrected chi connectivity index (χ4v) is 5.18. The van der Waals surface area contributed by atoms with Crippen LogP contribution in [0.2, 0.25) is 0 Å². The zero-order valence-electron chi connectivity index (χ0n) is 19.5. The van der Waals surface area contributed by atoms with Gasteiger partial charge in [-0.3, -0.25) is 9.36 Å². The van der Waals surface area contributed by atoms with Crippen LogP contribution in [0.5, 0.6) is 11.5 Å². The summed E-state index contributed by atoms with van der Waals surface area (Å²) in [6.45, 7) is 0.606. The van der Waals surface area contributed by atoms with E-state index >= 15 is 0 Å². The third-order valence-corrected chi connectivity index (χ3v) is 6.92. The molecule has 1 aromatic heterocycles. The van der Waals surface area contributed by atoms with Crippen LogP contribution in [-0.4, -0.2) is 30.9 Å². The number of hydrogen-bond donors (Lipinski definition) is 0. The lowest BCUT2D eigenvalue weighted by atomic mass is 9.96. The number of halogens is 3. The molecular formula is C25H21BrF2N2O5S. The maximum atomic E-state index is 13.6. The molecule has 1 aliphatic rings. The summed E-state index contributed by atoms with van der Waals surface area (Å²) in [6, 6.07) is 11.0. The molecule has 0 fully saturated rings. The minimum absolute atomic E-state index is 0.102. The summed E-state index contributed by atoms with van der Waals surface area (Å²) in [5.41, 5.74) is 1.66. The van der Waals surface area contributed by atoms with Gasteiger partial charge in [0, 0.05) is 4.47 Å². The quantitative estimate of drug-likeness (QED) is 0.393. The molecule has 7 nitrogen and oxygen atoms in total. The number of fused-ring (bicyclic) bond motifs is 1. The second-order valence-electron chi connectivity index (χ2n) is 7.64. The Balaban J connectivity index is 1.88. The lowest BCUT2D eigenvalue weighted by Crippen LogP contribution is -2.39. The van der Waals surface area contributed by atoms with Gasteiger partial charge in [-0.2, -0.15) is 8.78 Å². The van der Waals surface area contributed by atoms with E-state index in [4.69, 9.17) is 9.47 Å². The van der Waals surface area contributed by atoms with Gasteiger partial charge in [0.1, 0.15) is 0 Å². The molecule has 4 rings (SSSR count). The van der Waals surface area contributed by atoms with Crippen LogP contribution in [0.25, 0.3) is 6.08 Å². The molecule has 0 amide bonds. The molecular weight excluding hydrogens is 558 g/mol. The number of alkyl halides is 2. The number of thiazole rings is 1. The molecule has 1 aliphatic heterocycles. The number of esters is 1. The zero-order chi connectivity index (χ0) is 26.0. The van der Waals surface area contributed by atoms with E-state index in [2.05, 4.69) is 25.7 Å². The van der Waals surface area contributed by atoms with Gasteiger partial charge in [-0.15, -0.1) is 0 Å². The maximum Gasteiger partial charge on any atom is 0.387 e. The fraction of sp³-hybridized carbons (Fsp3) is 0.240. The standard InChI is InChI=1S/C25H21BrF2N2O5S/c1-4-34-23(32)20-13(2)29-25-30(21(20)15-6-8-16(26)9-7-15)22(31)19(36-25)12-14-5-10-17(35-24(27)28)18(11-14)33-3/h5-12,21,24H,4H2,1-3H3/b19-12-. The molecule has 0 saturated heterocycles. The number of aromatic nitrogens is 1. The molecule has 188 valence electrons. The van der Waals surface area contributed by atoms with E-state index < -0.39 is 18.6 Å². The number of carbonyl (C=O) groups excluding carboxylic acids is 1. The Morgan fingerprint density at radius 2 is 1.94 bits per heavy atom. The first-order chi connectivity index (χ1) is 17.2. The van der Waals surface area contributed by atoms with Crippen molar-refractivity contribution in [3.63, 3.8) is 0 Å². The van der Waals surface area contributed by atoms with E-state index in [-0.39, 0.29) is 29.2 Å². The molecule has 0 radical (unpaired) electrons. The van der Waals surface area contributed by atoms with Crippen LogP contribution in [0, 0.1) is 0 Å². The highest BCUT2D eigenvalue weighted by Crippen LogP contribution is 2.32. The Kier molecular flexibility index (Phi) is 7.70. The van der Waals surface area contributed by atoms with Crippen molar-refractivity contribution in [3.05, 3.63) is 89.0 Å². The fourth-order valence-electron chi connectivity index (χ4n) is 3.87. The van der Waals surface area contributed by atoms with Crippen molar-refractivity contribution < 1.29 is 27.8 Å². The van der Waals surface area contributed by atoms with Gasteiger partial charge in [-0.05, 0) is 55.3 Å². The van der Waals surface area contributed by atoms with Crippen LogP contribution in [0.1, 0.15) is 31.0 Å². The maximum absolute atomic E-state index is 13.6. The van der Waals surface area contributed by atoms with Crippen molar-refractivity contribution in [2.45, 2.75) is 26.5 Å². The SMILES string of the molecule is CCOC(=O)C1=C(C)N=c2s/c(=C\c3ccc(OC(F)F)c(OC)c3)c(=O)n2C1c1ccc(Br)cc1. The molecule has 2 aromatic carbocycles. The average Bonchev–Trinajstić information content (AvgIpc) is 3.13. The predicted molar refractivity (Wildman–Crippen MR) is 134 cm³/mol. The topological polar surface area (TPSA) is 79.1 Å². The first kappa shape index (κ1) is 25.8. The molecule has 0 aliphatic carbocycles. The number of nitrogens with zero attached hydrogens (tertiary/aromatic N) is 2. The van der Waals surface area contributed by atoms with E-state index in [1.54, 1.807) is 26.0 Å². The van der Waals surface area contributed by atoms with Gasteiger partial charge in [-0.25, -0.2) is 9.79 Å². The van der Waals surface area contributed by atoms with E-state index in [0.29, 0.717) is 20.6 Å². The molecule has 0 spiro atoms. The predicted octanol–water partition coefficient (Wildman–Crippen LogP) is 4.17. The first-order valence-corrected chi connectivity index (χ1v) is 12.4. The number of methoxy groups -OCH3 is 1. The number of allylic oxidation sites excluding steroid dienone is 1. The van der Waals surface area contributed by atoms with Crippen LogP contribution in [0.15, 0.2) is 68.0 Å². The molecule has 0 saturated carbocycles. The second-order valence-corrected chi connectivity index (χ2v) is 9.57. The summed E-state index contributed by atoms with van der Waals surface area (Å²) >= 11 is 4.57. The number of carbonyl (C=O) groups is 1. The molecule has 2 heterocycles. The largest absolute Gasteiger partial charge is 0.493 e. The van der Waals surface area contributed by atoms with Crippen molar-refractivity contribution in [1.29, 1.82) is 0 Å². The van der Waals surface area contributed by atoms with E-state index in [9.17, 15) is 18.4 Å². The van der Waals surface area contributed by atoms with Gasteiger partial charge in [0.15, 0.2) is 16.3 Å². The van der Waals surface area contributed by atoms with Gasteiger partial charge in [-0.1, -0.05) is 45.5 Å². The average molecular weight is 579 g/mol. The Labute approximate surface area is 217 Å². The van der Waals surface area contributed by atoms with Crippen molar-refractivity contribution in [3.8, 4) is 11.5 Å². The third-order valence-electron chi connectivity index (χ3n) is 5.40. The van der Waals surface area contributed by atoms with Gasteiger partial charge in [0.05, 0.1) is 35.6 Å². The van der Waals surface area contributed by atoms with Crippen molar-refractivity contribution in [2.24, 2.45) is 4.99 Å². The first-order valence-electron chi connectivity index (χ1n) is 10.8. The summed E-state index contributed by atoms with van der Waals surface area (Å²) in [4.78, 5) is 31.5. The van der Waals surface area contributed by atoms with Crippen LogP contribution < -0.4 is 24.4 Å². The van der Waals surface area contributed by atoms with Crippen molar-refractivity contribution in [2.75, 3.05) is 13.7 Å². The number of rotatable bonds is 7.